The van der Waals surface area contributed by atoms with Crippen LogP contribution in [-0.2, 0) is 6.54 Å². The van der Waals surface area contributed by atoms with Crippen molar-refractivity contribution in [2.75, 3.05) is 12.4 Å². The second-order valence-electron chi connectivity index (χ2n) is 7.74. The summed E-state index contributed by atoms with van der Waals surface area (Å²) in [6.45, 7) is 2.39. The molecule has 0 aliphatic carbocycles. The Bertz CT molecular complexity index is 1480. The highest BCUT2D eigenvalue weighted by atomic mass is 19.1. The third-order valence-corrected chi connectivity index (χ3v) is 5.35. The van der Waals surface area contributed by atoms with E-state index in [-0.39, 0.29) is 11.4 Å². The van der Waals surface area contributed by atoms with E-state index in [2.05, 4.69) is 20.3 Å². The molecule has 1 N–H and O–H groups in total. The summed E-state index contributed by atoms with van der Waals surface area (Å²) >= 11 is 0. The van der Waals surface area contributed by atoms with Crippen molar-refractivity contribution in [2.45, 2.75) is 13.5 Å². The van der Waals surface area contributed by atoms with E-state index >= 15 is 0 Å². The number of rotatable bonds is 6. The fraction of sp³-hybridized carbons (Fsp3) is 0.120. The Morgan fingerprint density at radius 3 is 2.65 bits per heavy atom. The average Bonchev–Trinajstić information content (AvgIpc) is 3.26. The number of nitrogens with zero attached hydrogens (tertiary/aromatic N) is 5. The minimum Gasteiger partial charge on any atom is -0.497 e. The summed E-state index contributed by atoms with van der Waals surface area (Å²) in [7, 11) is 1.63. The van der Waals surface area contributed by atoms with Crippen LogP contribution < -0.4 is 10.1 Å². The molecular formula is C25H20F2N6O. The molecule has 0 bridgehead atoms. The first-order chi connectivity index (χ1) is 16.5. The van der Waals surface area contributed by atoms with Crippen LogP contribution in [0.5, 0.6) is 5.75 Å². The van der Waals surface area contributed by atoms with Crippen LogP contribution in [0.25, 0.3) is 22.4 Å². The molecule has 0 radical (unpaired) electrons. The highest BCUT2D eigenvalue weighted by molar-refractivity contribution is 5.89. The number of ether oxygens (including phenoxy) is 1. The summed E-state index contributed by atoms with van der Waals surface area (Å²) in [4.78, 5) is 13.0. The number of pyridine rings is 1. The Kier molecular flexibility index (Phi) is 5.59. The number of halogens is 2. The standard InChI is InChI=1S/C25H20F2N6O/c1-15-12-29-25(19-11-17(26)5-8-20(19)27)31-24(15)30-21-9-10-28-22-14-33(32-23(21)22)13-16-3-6-18(34-2)7-4-16/h3-12,14H,13H2,1-2H3,(H,29,30,31). The molecule has 7 nitrogen and oxygen atoms in total. The molecular weight excluding hydrogens is 438 g/mol. The highest BCUT2D eigenvalue weighted by Crippen LogP contribution is 2.27. The van der Waals surface area contributed by atoms with Gasteiger partial charge in [0.05, 0.1) is 31.1 Å². The van der Waals surface area contributed by atoms with E-state index in [1.807, 2.05) is 42.1 Å². The number of fused-ring (bicyclic) bond motifs is 1. The average molecular weight is 458 g/mol. The van der Waals surface area contributed by atoms with Crippen LogP contribution in [0.1, 0.15) is 11.1 Å². The van der Waals surface area contributed by atoms with Gasteiger partial charge in [-0.3, -0.25) is 9.67 Å². The lowest BCUT2D eigenvalue weighted by Gasteiger charge is -2.11. The number of benzene rings is 2. The zero-order valence-corrected chi connectivity index (χ0v) is 18.5. The number of methoxy groups -OCH3 is 1. The molecule has 0 amide bonds. The molecule has 0 saturated heterocycles. The van der Waals surface area contributed by atoms with Gasteiger partial charge in [0.15, 0.2) is 5.82 Å². The molecule has 0 spiro atoms. The van der Waals surface area contributed by atoms with Crippen LogP contribution >= 0.6 is 0 Å². The van der Waals surface area contributed by atoms with Crippen molar-refractivity contribution < 1.29 is 13.5 Å². The number of nitrogens with one attached hydrogen (secondary N) is 1. The van der Waals surface area contributed by atoms with Crippen LogP contribution in [-0.4, -0.2) is 31.8 Å². The second-order valence-corrected chi connectivity index (χ2v) is 7.74. The minimum atomic E-state index is -0.597. The molecule has 5 aromatic rings. The molecule has 0 aliphatic rings. The predicted octanol–water partition coefficient (Wildman–Crippen LogP) is 5.28. The van der Waals surface area contributed by atoms with Crippen LogP contribution in [0.4, 0.5) is 20.3 Å². The van der Waals surface area contributed by atoms with Crippen molar-refractivity contribution in [3.8, 4) is 17.1 Å². The summed E-state index contributed by atoms with van der Waals surface area (Å²) in [6, 6.07) is 12.8. The summed E-state index contributed by atoms with van der Waals surface area (Å²) in [6.07, 6.45) is 5.11. The SMILES string of the molecule is COc1ccc(Cn2cc3nccc(Nc4nc(-c5cc(F)ccc5F)ncc4C)c3n2)cc1. The Morgan fingerprint density at radius 1 is 1.03 bits per heavy atom. The Hall–Kier alpha value is -4.40. The maximum Gasteiger partial charge on any atom is 0.164 e. The number of hydrogen-bond acceptors (Lipinski definition) is 6. The van der Waals surface area contributed by atoms with E-state index in [1.54, 1.807) is 25.6 Å². The van der Waals surface area contributed by atoms with Gasteiger partial charge >= 0.3 is 0 Å². The van der Waals surface area contributed by atoms with E-state index in [1.165, 1.54) is 0 Å². The zero-order valence-electron chi connectivity index (χ0n) is 18.5. The summed E-state index contributed by atoms with van der Waals surface area (Å²) < 4.78 is 34.9. The van der Waals surface area contributed by atoms with Gasteiger partial charge < -0.3 is 10.1 Å². The molecule has 9 heteroatoms. The van der Waals surface area contributed by atoms with Crippen molar-refractivity contribution in [2.24, 2.45) is 0 Å². The Labute approximate surface area is 194 Å². The van der Waals surface area contributed by atoms with E-state index in [0.717, 1.165) is 35.1 Å². The van der Waals surface area contributed by atoms with Gasteiger partial charge in [0, 0.05) is 18.0 Å². The molecule has 3 aromatic heterocycles. The first-order valence-corrected chi connectivity index (χ1v) is 10.5. The topological polar surface area (TPSA) is 77.8 Å². The zero-order chi connectivity index (χ0) is 23.7. The molecule has 0 unspecified atom stereocenters. The maximum atomic E-state index is 14.3. The Morgan fingerprint density at radius 2 is 1.85 bits per heavy atom. The van der Waals surface area contributed by atoms with E-state index < -0.39 is 11.6 Å². The summed E-state index contributed by atoms with van der Waals surface area (Å²) in [5, 5.41) is 7.94. The molecule has 34 heavy (non-hydrogen) atoms. The van der Waals surface area contributed by atoms with Gasteiger partial charge in [-0.15, -0.1) is 0 Å². The van der Waals surface area contributed by atoms with Gasteiger partial charge in [-0.2, -0.15) is 5.10 Å². The minimum absolute atomic E-state index is 0.00769. The van der Waals surface area contributed by atoms with Crippen molar-refractivity contribution in [1.29, 1.82) is 0 Å². The van der Waals surface area contributed by atoms with Gasteiger partial charge in [-0.05, 0) is 48.9 Å². The molecule has 2 aromatic carbocycles. The lowest BCUT2D eigenvalue weighted by molar-refractivity contribution is 0.414. The second kappa shape index (κ2) is 8.86. The van der Waals surface area contributed by atoms with Gasteiger partial charge in [-0.1, -0.05) is 12.1 Å². The van der Waals surface area contributed by atoms with Crippen molar-refractivity contribution >= 4 is 22.5 Å². The third kappa shape index (κ3) is 4.27. The first-order valence-electron chi connectivity index (χ1n) is 10.5. The molecule has 5 rings (SSSR count). The normalized spacial score (nSPS) is 11.1. The van der Waals surface area contributed by atoms with E-state index in [0.29, 0.717) is 29.1 Å². The molecule has 3 heterocycles. The van der Waals surface area contributed by atoms with Crippen molar-refractivity contribution in [1.82, 2.24) is 24.7 Å². The van der Waals surface area contributed by atoms with Crippen LogP contribution in [0.15, 0.2) is 67.1 Å². The van der Waals surface area contributed by atoms with Gasteiger partial charge in [0.1, 0.15) is 34.2 Å². The van der Waals surface area contributed by atoms with E-state index in [9.17, 15) is 8.78 Å². The number of hydrogen-bond donors (Lipinski definition) is 1. The lowest BCUT2D eigenvalue weighted by atomic mass is 10.2. The first kappa shape index (κ1) is 21.4. The van der Waals surface area contributed by atoms with Crippen molar-refractivity contribution in [3.05, 3.63) is 89.9 Å². The predicted molar refractivity (Wildman–Crippen MR) is 125 cm³/mol. The number of aryl methyl sites for hydroxylation is 1. The van der Waals surface area contributed by atoms with Gasteiger partial charge in [-0.25, -0.2) is 18.7 Å². The molecule has 0 saturated carbocycles. The fourth-order valence-corrected chi connectivity index (χ4v) is 3.56. The summed E-state index contributed by atoms with van der Waals surface area (Å²) in [5.41, 5.74) is 3.85. The molecule has 0 atom stereocenters. The monoisotopic (exact) mass is 458 g/mol. The fourth-order valence-electron chi connectivity index (χ4n) is 3.56. The third-order valence-electron chi connectivity index (χ3n) is 5.35. The number of aromatic nitrogens is 5. The van der Waals surface area contributed by atoms with Crippen LogP contribution in [0.3, 0.4) is 0 Å². The van der Waals surface area contributed by atoms with Crippen LogP contribution in [0.2, 0.25) is 0 Å². The molecule has 0 fully saturated rings. The van der Waals surface area contributed by atoms with Crippen LogP contribution in [0, 0.1) is 18.6 Å². The van der Waals surface area contributed by atoms with E-state index in [4.69, 9.17) is 9.84 Å². The van der Waals surface area contributed by atoms with Crippen molar-refractivity contribution in [3.63, 3.8) is 0 Å². The lowest BCUT2D eigenvalue weighted by Crippen LogP contribution is -2.02. The molecule has 0 aliphatic heterocycles. The largest absolute Gasteiger partial charge is 0.497 e. The molecule has 170 valence electrons. The quantitative estimate of drug-likeness (QED) is 0.373. The highest BCUT2D eigenvalue weighted by Gasteiger charge is 2.14. The maximum absolute atomic E-state index is 14.3. The summed E-state index contributed by atoms with van der Waals surface area (Å²) in [5.74, 6) is 0.180. The number of anilines is 2. The van der Waals surface area contributed by atoms with Gasteiger partial charge in [0.25, 0.3) is 0 Å². The Balaban J connectivity index is 1.46. The van der Waals surface area contributed by atoms with Gasteiger partial charge in [0.2, 0.25) is 0 Å². The smallest absolute Gasteiger partial charge is 0.164 e.